The fraction of sp³-hybridized carbons (Fsp3) is 0.419. The van der Waals surface area contributed by atoms with E-state index in [1.54, 1.807) is 13.3 Å². The van der Waals surface area contributed by atoms with Gasteiger partial charge in [0, 0.05) is 32.0 Å². The second-order valence-corrected chi connectivity index (χ2v) is 10.5. The van der Waals surface area contributed by atoms with Crippen molar-refractivity contribution in [2.45, 2.75) is 39.8 Å². The lowest BCUT2D eigenvalue weighted by Crippen LogP contribution is -2.37. The van der Waals surface area contributed by atoms with E-state index in [1.165, 1.54) is 0 Å². The number of para-hydroxylation sites is 2. The summed E-state index contributed by atoms with van der Waals surface area (Å²) in [4.78, 5) is 19.7. The lowest BCUT2D eigenvalue weighted by Gasteiger charge is -2.27. The molecule has 39 heavy (non-hydrogen) atoms. The van der Waals surface area contributed by atoms with E-state index in [1.807, 2.05) is 60.7 Å². The lowest BCUT2D eigenvalue weighted by atomic mass is 9.88. The average Bonchev–Trinajstić information content (AvgIpc) is 2.93. The van der Waals surface area contributed by atoms with Gasteiger partial charge >= 0.3 is 0 Å². The van der Waals surface area contributed by atoms with E-state index in [0.717, 1.165) is 36.3 Å². The third kappa shape index (κ3) is 8.97. The van der Waals surface area contributed by atoms with Crippen LogP contribution >= 0.6 is 0 Å². The average molecular weight is 534 g/mol. The van der Waals surface area contributed by atoms with E-state index < -0.39 is 0 Å². The van der Waals surface area contributed by atoms with Gasteiger partial charge in [-0.3, -0.25) is 9.69 Å². The van der Waals surface area contributed by atoms with Gasteiger partial charge in [-0.2, -0.15) is 0 Å². The molecule has 1 amide bonds. The Labute approximate surface area is 231 Å². The van der Waals surface area contributed by atoms with Gasteiger partial charge in [0.1, 0.15) is 12.4 Å². The second-order valence-electron chi connectivity index (χ2n) is 10.5. The number of carbonyl (C=O) groups excluding carboxylic acids is 1. The molecule has 8 nitrogen and oxygen atoms in total. The molecule has 0 unspecified atom stereocenters. The number of methoxy groups -OCH3 is 1. The molecule has 0 spiro atoms. The highest BCUT2D eigenvalue weighted by atomic mass is 16.5. The molecule has 0 fully saturated rings. The third-order valence-electron chi connectivity index (χ3n) is 6.56. The first-order valence-electron chi connectivity index (χ1n) is 13.5. The summed E-state index contributed by atoms with van der Waals surface area (Å²) >= 11 is 0. The molecular weight excluding hydrogens is 494 g/mol. The Morgan fingerprint density at radius 3 is 2.77 bits per heavy atom. The van der Waals surface area contributed by atoms with E-state index in [4.69, 9.17) is 18.9 Å². The first kappa shape index (κ1) is 28.4. The molecule has 1 aliphatic heterocycles. The first-order chi connectivity index (χ1) is 18.9. The summed E-state index contributed by atoms with van der Waals surface area (Å²) in [6.45, 7) is 7.99. The number of rotatable bonds is 8. The van der Waals surface area contributed by atoms with Crippen molar-refractivity contribution in [3.63, 3.8) is 0 Å². The molecule has 4 rings (SSSR count). The Balaban J connectivity index is 1.45. The second kappa shape index (κ2) is 14.0. The maximum atomic E-state index is 13.0. The van der Waals surface area contributed by atoms with Crippen LogP contribution in [0.4, 0.5) is 0 Å². The van der Waals surface area contributed by atoms with Crippen molar-refractivity contribution in [3.8, 4) is 23.1 Å². The molecule has 208 valence electrons. The number of ether oxygens (including phenoxy) is 4. The van der Waals surface area contributed by atoms with Gasteiger partial charge in [0.05, 0.1) is 19.8 Å². The standard InChI is InChI=1S/C31H39N3O5/c1-31(2)14-8-16-34(22-29(35)33-20-24-9-6-11-26(19-24)37-18-17-36-3)21-25-10-7-15-32-30(25)39-28-13-5-4-12-27(28)38-23-31/h4-7,9-13,15,19H,8,14,16-18,20-23H2,1-3H3,(H,33,35). The van der Waals surface area contributed by atoms with Crippen molar-refractivity contribution in [2.75, 3.05) is 40.0 Å². The minimum atomic E-state index is -0.0377. The summed E-state index contributed by atoms with van der Waals surface area (Å²) in [5.41, 5.74) is 1.86. The normalized spacial score (nSPS) is 15.7. The van der Waals surface area contributed by atoms with Gasteiger partial charge in [-0.15, -0.1) is 0 Å². The van der Waals surface area contributed by atoms with Crippen LogP contribution in [0.15, 0.2) is 66.9 Å². The number of carbonyl (C=O) groups is 1. The molecule has 0 atom stereocenters. The maximum Gasteiger partial charge on any atom is 0.234 e. The van der Waals surface area contributed by atoms with Gasteiger partial charge in [-0.25, -0.2) is 4.98 Å². The molecule has 1 N–H and O–H groups in total. The van der Waals surface area contributed by atoms with Crippen molar-refractivity contribution >= 4 is 5.91 Å². The van der Waals surface area contributed by atoms with Crippen LogP contribution in [-0.2, 0) is 22.6 Å². The van der Waals surface area contributed by atoms with Crippen molar-refractivity contribution in [1.29, 1.82) is 0 Å². The molecule has 0 aliphatic carbocycles. The monoisotopic (exact) mass is 533 g/mol. The van der Waals surface area contributed by atoms with Crippen LogP contribution in [0.2, 0.25) is 0 Å². The van der Waals surface area contributed by atoms with Gasteiger partial charge in [0.15, 0.2) is 11.5 Å². The molecule has 2 aromatic carbocycles. The topological polar surface area (TPSA) is 82.2 Å². The Hall–Kier alpha value is -3.62. The molecule has 2 heterocycles. The van der Waals surface area contributed by atoms with E-state index in [0.29, 0.717) is 50.3 Å². The Morgan fingerprint density at radius 1 is 1.08 bits per heavy atom. The molecule has 0 radical (unpaired) electrons. The summed E-state index contributed by atoms with van der Waals surface area (Å²) in [5, 5.41) is 3.06. The van der Waals surface area contributed by atoms with Gasteiger partial charge in [-0.1, -0.05) is 44.2 Å². The van der Waals surface area contributed by atoms with E-state index >= 15 is 0 Å². The quantitative estimate of drug-likeness (QED) is 0.398. The summed E-state index contributed by atoms with van der Waals surface area (Å²) in [6, 6.07) is 19.3. The molecule has 0 bridgehead atoms. The Morgan fingerprint density at radius 2 is 1.92 bits per heavy atom. The predicted octanol–water partition coefficient (Wildman–Crippen LogP) is 5.22. The van der Waals surface area contributed by atoms with Gasteiger partial charge in [0.2, 0.25) is 11.8 Å². The fourth-order valence-electron chi connectivity index (χ4n) is 4.42. The van der Waals surface area contributed by atoms with E-state index in [9.17, 15) is 4.79 Å². The first-order valence-corrected chi connectivity index (χ1v) is 13.5. The molecule has 3 aromatic rings. The maximum absolute atomic E-state index is 13.0. The van der Waals surface area contributed by atoms with E-state index in [-0.39, 0.29) is 17.9 Å². The van der Waals surface area contributed by atoms with Gasteiger partial charge in [0.25, 0.3) is 0 Å². The summed E-state index contributed by atoms with van der Waals surface area (Å²) in [5.74, 6) is 2.57. The number of pyridine rings is 1. The zero-order valence-corrected chi connectivity index (χ0v) is 23.2. The smallest absolute Gasteiger partial charge is 0.234 e. The van der Waals surface area contributed by atoms with Gasteiger partial charge in [-0.05, 0) is 60.7 Å². The van der Waals surface area contributed by atoms with Crippen molar-refractivity contribution in [2.24, 2.45) is 5.41 Å². The summed E-state index contributed by atoms with van der Waals surface area (Å²) < 4.78 is 23.2. The number of nitrogens with zero attached hydrogens (tertiary/aromatic N) is 2. The summed E-state index contributed by atoms with van der Waals surface area (Å²) in [6.07, 6.45) is 3.61. The van der Waals surface area contributed by atoms with Crippen molar-refractivity contribution in [3.05, 3.63) is 78.0 Å². The number of benzene rings is 2. The zero-order valence-electron chi connectivity index (χ0n) is 23.2. The van der Waals surface area contributed by atoms with Crippen molar-refractivity contribution < 1.29 is 23.7 Å². The van der Waals surface area contributed by atoms with Crippen LogP contribution in [0.3, 0.4) is 0 Å². The van der Waals surface area contributed by atoms with Crippen LogP contribution in [0, 0.1) is 5.41 Å². The number of fused-ring (bicyclic) bond motifs is 2. The minimum Gasteiger partial charge on any atom is -0.491 e. The Bertz CT molecular complexity index is 1220. The van der Waals surface area contributed by atoms with Crippen LogP contribution in [0.5, 0.6) is 23.1 Å². The highest BCUT2D eigenvalue weighted by Gasteiger charge is 2.23. The minimum absolute atomic E-state index is 0.0312. The molecule has 1 aliphatic rings. The van der Waals surface area contributed by atoms with Crippen LogP contribution in [0.1, 0.15) is 37.8 Å². The molecule has 1 aromatic heterocycles. The third-order valence-corrected chi connectivity index (χ3v) is 6.56. The van der Waals surface area contributed by atoms with Crippen LogP contribution in [-0.4, -0.2) is 55.8 Å². The number of amides is 1. The predicted molar refractivity (Wildman–Crippen MR) is 150 cm³/mol. The highest BCUT2D eigenvalue weighted by Crippen LogP contribution is 2.34. The number of nitrogens with one attached hydrogen (secondary N) is 1. The molecule has 8 heteroatoms. The number of hydrogen-bond acceptors (Lipinski definition) is 7. The van der Waals surface area contributed by atoms with Crippen LogP contribution < -0.4 is 19.5 Å². The molecule has 0 saturated carbocycles. The van der Waals surface area contributed by atoms with Crippen molar-refractivity contribution in [1.82, 2.24) is 15.2 Å². The fourth-order valence-corrected chi connectivity index (χ4v) is 4.42. The molecular formula is C31H39N3O5. The number of aromatic nitrogens is 1. The highest BCUT2D eigenvalue weighted by molar-refractivity contribution is 5.78. The van der Waals surface area contributed by atoms with E-state index in [2.05, 4.69) is 29.0 Å². The Kier molecular flexibility index (Phi) is 10.2. The SMILES string of the molecule is COCCOc1cccc(CNC(=O)CN2CCCC(C)(C)COc3ccccc3Oc3ncccc3C2)c1. The largest absolute Gasteiger partial charge is 0.491 e. The van der Waals surface area contributed by atoms with Crippen LogP contribution in [0.25, 0.3) is 0 Å². The summed E-state index contributed by atoms with van der Waals surface area (Å²) in [7, 11) is 1.64. The zero-order chi connectivity index (χ0) is 27.5. The lowest BCUT2D eigenvalue weighted by molar-refractivity contribution is -0.122. The van der Waals surface area contributed by atoms with Gasteiger partial charge < -0.3 is 24.3 Å². The number of hydrogen-bond donors (Lipinski definition) is 1. The molecule has 0 saturated heterocycles.